The summed E-state index contributed by atoms with van der Waals surface area (Å²) < 4.78 is 5.26. The lowest BCUT2D eigenvalue weighted by Crippen LogP contribution is -2.34. The van der Waals surface area contributed by atoms with Gasteiger partial charge in [0.15, 0.2) is 0 Å². The number of para-hydroxylation sites is 1. The van der Waals surface area contributed by atoms with Crippen molar-refractivity contribution in [1.29, 1.82) is 0 Å². The SMILES string of the molecule is COc1ccc([C@H](CNC(=O)c2cc(-c3ccncc3)nc3ccccc23)N(C)C)cc1. The number of hydrogen-bond donors (Lipinski definition) is 1. The van der Waals surface area contributed by atoms with Gasteiger partial charge in [-0.1, -0.05) is 30.3 Å². The molecule has 32 heavy (non-hydrogen) atoms. The molecular weight excluding hydrogens is 400 g/mol. The average Bonchev–Trinajstić information content (AvgIpc) is 2.84. The molecule has 0 aliphatic carbocycles. The molecule has 6 nitrogen and oxygen atoms in total. The van der Waals surface area contributed by atoms with Crippen LogP contribution in [0.1, 0.15) is 22.0 Å². The van der Waals surface area contributed by atoms with E-state index >= 15 is 0 Å². The minimum atomic E-state index is -0.126. The summed E-state index contributed by atoms with van der Waals surface area (Å²) in [6, 6.07) is 21.3. The van der Waals surface area contributed by atoms with E-state index in [2.05, 4.69) is 15.2 Å². The van der Waals surface area contributed by atoms with Crippen LogP contribution in [0, 0.1) is 0 Å². The summed E-state index contributed by atoms with van der Waals surface area (Å²) in [6.07, 6.45) is 3.45. The molecule has 0 radical (unpaired) electrons. The number of carbonyl (C=O) groups excluding carboxylic acids is 1. The van der Waals surface area contributed by atoms with Crippen LogP contribution >= 0.6 is 0 Å². The van der Waals surface area contributed by atoms with E-state index in [1.165, 1.54) is 0 Å². The van der Waals surface area contributed by atoms with Crippen molar-refractivity contribution >= 4 is 16.8 Å². The van der Waals surface area contributed by atoms with Gasteiger partial charge in [-0.25, -0.2) is 4.98 Å². The third kappa shape index (κ3) is 4.60. The largest absolute Gasteiger partial charge is 0.497 e. The van der Waals surface area contributed by atoms with Crippen LogP contribution < -0.4 is 10.1 Å². The molecule has 2 aromatic heterocycles. The van der Waals surface area contributed by atoms with Gasteiger partial charge < -0.3 is 15.0 Å². The van der Waals surface area contributed by atoms with Gasteiger partial charge in [-0.3, -0.25) is 9.78 Å². The lowest BCUT2D eigenvalue weighted by molar-refractivity contribution is 0.0943. The molecule has 4 aromatic rings. The third-order valence-electron chi connectivity index (χ3n) is 5.52. The Bertz CT molecular complexity index is 1210. The third-order valence-corrected chi connectivity index (χ3v) is 5.52. The molecule has 2 heterocycles. The number of methoxy groups -OCH3 is 1. The number of amides is 1. The molecule has 0 spiro atoms. The predicted molar refractivity (Wildman–Crippen MR) is 127 cm³/mol. The molecule has 0 saturated heterocycles. The zero-order valence-electron chi connectivity index (χ0n) is 18.4. The number of carbonyl (C=O) groups is 1. The van der Waals surface area contributed by atoms with Gasteiger partial charge in [0.1, 0.15) is 5.75 Å². The number of nitrogens with one attached hydrogen (secondary N) is 1. The molecule has 1 atom stereocenters. The number of pyridine rings is 2. The van der Waals surface area contributed by atoms with Crippen molar-refractivity contribution in [2.45, 2.75) is 6.04 Å². The van der Waals surface area contributed by atoms with E-state index in [0.717, 1.165) is 33.5 Å². The summed E-state index contributed by atoms with van der Waals surface area (Å²) in [4.78, 5) is 24.2. The Hall–Kier alpha value is -3.77. The minimum absolute atomic E-state index is 0.0256. The summed E-state index contributed by atoms with van der Waals surface area (Å²) in [5, 5.41) is 3.95. The van der Waals surface area contributed by atoms with E-state index < -0.39 is 0 Å². The highest BCUT2D eigenvalue weighted by Gasteiger charge is 2.18. The van der Waals surface area contributed by atoms with Crippen molar-refractivity contribution in [3.63, 3.8) is 0 Å². The quantitative estimate of drug-likeness (QED) is 0.476. The van der Waals surface area contributed by atoms with Crippen LogP contribution in [0.15, 0.2) is 79.1 Å². The number of likely N-dealkylation sites (N-methyl/N-ethyl adjacent to an activating group) is 1. The maximum atomic E-state index is 13.3. The smallest absolute Gasteiger partial charge is 0.252 e. The normalized spacial score (nSPS) is 12.0. The van der Waals surface area contributed by atoms with E-state index in [0.29, 0.717) is 12.1 Å². The Morgan fingerprint density at radius 2 is 1.75 bits per heavy atom. The van der Waals surface area contributed by atoms with Crippen molar-refractivity contribution in [3.8, 4) is 17.0 Å². The fraction of sp³-hybridized carbons (Fsp3) is 0.192. The molecule has 0 unspecified atom stereocenters. The molecule has 2 aromatic carbocycles. The van der Waals surface area contributed by atoms with Gasteiger partial charge in [-0.2, -0.15) is 0 Å². The van der Waals surface area contributed by atoms with Crippen molar-refractivity contribution in [2.75, 3.05) is 27.7 Å². The molecule has 1 amide bonds. The van der Waals surface area contributed by atoms with Gasteiger partial charge in [0.2, 0.25) is 0 Å². The number of ether oxygens (including phenoxy) is 1. The summed E-state index contributed by atoms with van der Waals surface area (Å²) in [5.41, 5.74) is 4.16. The molecule has 0 aliphatic rings. The van der Waals surface area contributed by atoms with Gasteiger partial charge in [0, 0.05) is 29.9 Å². The van der Waals surface area contributed by atoms with E-state index in [1.807, 2.05) is 80.8 Å². The number of nitrogens with zero attached hydrogens (tertiary/aromatic N) is 3. The van der Waals surface area contributed by atoms with Crippen LogP contribution in [0.4, 0.5) is 0 Å². The van der Waals surface area contributed by atoms with Gasteiger partial charge in [0.25, 0.3) is 5.91 Å². The molecule has 162 valence electrons. The van der Waals surface area contributed by atoms with Crippen molar-refractivity contribution in [2.24, 2.45) is 0 Å². The van der Waals surface area contributed by atoms with Crippen LogP contribution in [0.25, 0.3) is 22.2 Å². The lowest BCUT2D eigenvalue weighted by Gasteiger charge is -2.25. The summed E-state index contributed by atoms with van der Waals surface area (Å²) in [6.45, 7) is 0.472. The van der Waals surface area contributed by atoms with Crippen LogP contribution in [-0.2, 0) is 0 Å². The van der Waals surface area contributed by atoms with Crippen molar-refractivity contribution in [3.05, 3.63) is 90.3 Å². The maximum absolute atomic E-state index is 13.3. The highest BCUT2D eigenvalue weighted by molar-refractivity contribution is 6.07. The zero-order chi connectivity index (χ0) is 22.5. The summed E-state index contributed by atoms with van der Waals surface area (Å²) >= 11 is 0. The van der Waals surface area contributed by atoms with E-state index in [1.54, 1.807) is 19.5 Å². The molecule has 0 bridgehead atoms. The molecular formula is C26H26N4O2. The molecule has 0 saturated carbocycles. The second-order valence-corrected chi connectivity index (χ2v) is 7.77. The second-order valence-electron chi connectivity index (χ2n) is 7.77. The maximum Gasteiger partial charge on any atom is 0.252 e. The molecule has 1 N–H and O–H groups in total. The molecule has 6 heteroatoms. The first-order chi connectivity index (χ1) is 15.6. The number of benzene rings is 2. The Balaban J connectivity index is 1.62. The van der Waals surface area contributed by atoms with Crippen LogP contribution in [0.5, 0.6) is 5.75 Å². The van der Waals surface area contributed by atoms with E-state index in [4.69, 9.17) is 9.72 Å². The Kier molecular flexibility index (Phi) is 6.42. The summed E-state index contributed by atoms with van der Waals surface area (Å²) in [7, 11) is 5.66. The fourth-order valence-corrected chi connectivity index (χ4v) is 3.74. The van der Waals surface area contributed by atoms with Gasteiger partial charge in [-0.05, 0) is 56.1 Å². The molecule has 0 aliphatic heterocycles. The van der Waals surface area contributed by atoms with Gasteiger partial charge >= 0.3 is 0 Å². The van der Waals surface area contributed by atoms with Crippen LogP contribution in [0.3, 0.4) is 0 Å². The monoisotopic (exact) mass is 426 g/mol. The minimum Gasteiger partial charge on any atom is -0.497 e. The first-order valence-electron chi connectivity index (χ1n) is 10.5. The fourth-order valence-electron chi connectivity index (χ4n) is 3.74. The van der Waals surface area contributed by atoms with Gasteiger partial charge in [0.05, 0.1) is 29.9 Å². The number of rotatable bonds is 7. The number of hydrogen-bond acceptors (Lipinski definition) is 5. The molecule has 0 fully saturated rings. The topological polar surface area (TPSA) is 67.3 Å². The highest BCUT2D eigenvalue weighted by Crippen LogP contribution is 2.25. The average molecular weight is 427 g/mol. The van der Waals surface area contributed by atoms with E-state index in [-0.39, 0.29) is 11.9 Å². The van der Waals surface area contributed by atoms with Crippen molar-refractivity contribution < 1.29 is 9.53 Å². The first-order valence-corrected chi connectivity index (χ1v) is 10.5. The standard InChI is InChI=1S/C26H26N4O2/c1-30(2)25(19-8-10-20(32-3)11-9-19)17-28-26(31)22-16-24(18-12-14-27-15-13-18)29-23-7-5-4-6-21(22)23/h4-16,25H,17H2,1-3H3,(H,28,31)/t25-/m0/s1. The number of fused-ring (bicyclic) bond motifs is 1. The Labute approximate surface area is 187 Å². The second kappa shape index (κ2) is 9.58. The molecule has 4 rings (SSSR count). The van der Waals surface area contributed by atoms with Crippen LogP contribution in [-0.4, -0.2) is 48.5 Å². The van der Waals surface area contributed by atoms with Crippen LogP contribution in [0.2, 0.25) is 0 Å². The van der Waals surface area contributed by atoms with E-state index in [9.17, 15) is 4.79 Å². The van der Waals surface area contributed by atoms with Crippen molar-refractivity contribution in [1.82, 2.24) is 20.2 Å². The Morgan fingerprint density at radius 3 is 2.44 bits per heavy atom. The predicted octanol–water partition coefficient (Wildman–Crippen LogP) is 4.34. The van der Waals surface area contributed by atoms with Gasteiger partial charge in [-0.15, -0.1) is 0 Å². The summed E-state index contributed by atoms with van der Waals surface area (Å²) in [5.74, 6) is 0.682. The highest BCUT2D eigenvalue weighted by atomic mass is 16.5. The first kappa shape index (κ1) is 21.5. The Morgan fingerprint density at radius 1 is 1.03 bits per heavy atom. The number of aromatic nitrogens is 2. The lowest BCUT2D eigenvalue weighted by atomic mass is 10.0. The zero-order valence-corrected chi connectivity index (χ0v) is 18.4.